The molecule has 0 aromatic carbocycles. The normalized spacial score (nSPS) is 29.3. The van der Waals surface area contributed by atoms with Crippen molar-refractivity contribution in [3.63, 3.8) is 0 Å². The fourth-order valence-corrected chi connectivity index (χ4v) is 3.69. The van der Waals surface area contributed by atoms with E-state index in [1.165, 1.54) is 0 Å². The summed E-state index contributed by atoms with van der Waals surface area (Å²) in [7, 11) is 0. The Kier molecular flexibility index (Phi) is 7.54. The summed E-state index contributed by atoms with van der Waals surface area (Å²) in [5.74, 6) is -1.03. The van der Waals surface area contributed by atoms with E-state index in [4.69, 9.17) is 9.47 Å². The molecule has 0 bridgehead atoms. The van der Waals surface area contributed by atoms with Crippen molar-refractivity contribution in [2.24, 2.45) is 11.8 Å². The predicted octanol–water partition coefficient (Wildman–Crippen LogP) is 4.34. The van der Waals surface area contributed by atoms with E-state index in [-0.39, 0.29) is 36.0 Å². The highest BCUT2D eigenvalue weighted by atomic mass is 16.6. The second-order valence-corrected chi connectivity index (χ2v) is 6.95. The van der Waals surface area contributed by atoms with Crippen LogP contribution in [0.25, 0.3) is 0 Å². The first-order valence-corrected chi connectivity index (χ1v) is 9.28. The maximum absolute atomic E-state index is 12.2. The Balaban J connectivity index is 1.76. The van der Waals surface area contributed by atoms with E-state index < -0.39 is 0 Å². The van der Waals surface area contributed by atoms with E-state index in [2.05, 4.69) is 13.2 Å². The van der Waals surface area contributed by atoms with Crippen molar-refractivity contribution in [2.45, 2.75) is 76.4 Å². The number of rotatable bonds is 11. The molecule has 0 amide bonds. The van der Waals surface area contributed by atoms with Crippen molar-refractivity contribution in [3.05, 3.63) is 25.3 Å². The van der Waals surface area contributed by atoms with Crippen molar-refractivity contribution in [1.29, 1.82) is 0 Å². The quantitative estimate of drug-likeness (QED) is 0.320. The number of hydrogen-bond donors (Lipinski definition) is 0. The summed E-state index contributed by atoms with van der Waals surface area (Å²) >= 11 is 0. The molecule has 0 aliphatic carbocycles. The van der Waals surface area contributed by atoms with Crippen LogP contribution in [0.5, 0.6) is 0 Å². The smallest absolute Gasteiger partial charge is 0.310 e. The molecule has 4 heteroatoms. The molecule has 2 aliphatic heterocycles. The summed E-state index contributed by atoms with van der Waals surface area (Å²) in [6, 6.07) is 0. The van der Waals surface area contributed by atoms with E-state index in [0.717, 1.165) is 51.4 Å². The molecule has 134 valence electrons. The lowest BCUT2D eigenvalue weighted by Crippen LogP contribution is -2.23. The third-order valence-corrected chi connectivity index (χ3v) is 5.06. The number of carbonyl (C=O) groups excluding carboxylic acids is 2. The van der Waals surface area contributed by atoms with Gasteiger partial charge < -0.3 is 9.47 Å². The minimum atomic E-state index is -0.305. The Hall–Kier alpha value is -1.58. The lowest BCUT2D eigenvalue weighted by Gasteiger charge is -2.10. The molecule has 0 radical (unpaired) electrons. The first kappa shape index (κ1) is 18.8. The molecule has 2 saturated heterocycles. The van der Waals surface area contributed by atoms with Gasteiger partial charge in [0.25, 0.3) is 0 Å². The van der Waals surface area contributed by atoms with Gasteiger partial charge in [0, 0.05) is 0 Å². The van der Waals surface area contributed by atoms with Crippen LogP contribution in [-0.2, 0) is 19.1 Å². The monoisotopic (exact) mass is 334 g/mol. The van der Waals surface area contributed by atoms with Gasteiger partial charge in [0.2, 0.25) is 0 Å². The second kappa shape index (κ2) is 9.65. The minimum absolute atomic E-state index is 0.0354. The Labute approximate surface area is 145 Å². The SMILES string of the molecule is C=CCCCCC1CC(C2CC(CCCCC=C)OC2=O)C(=O)O1. The highest BCUT2D eigenvalue weighted by molar-refractivity contribution is 5.84. The lowest BCUT2D eigenvalue weighted by molar-refractivity contribution is -0.152. The number of ether oxygens (including phenoxy) is 2. The molecule has 0 N–H and O–H groups in total. The molecule has 0 aromatic heterocycles. The Morgan fingerprint density at radius 3 is 1.58 bits per heavy atom. The maximum Gasteiger partial charge on any atom is 0.310 e. The Bertz CT molecular complexity index is 415. The zero-order chi connectivity index (χ0) is 17.4. The van der Waals surface area contributed by atoms with Crippen LogP contribution in [0, 0.1) is 11.8 Å². The third-order valence-electron chi connectivity index (χ3n) is 5.06. The van der Waals surface area contributed by atoms with Crippen LogP contribution in [-0.4, -0.2) is 24.1 Å². The number of esters is 2. The topological polar surface area (TPSA) is 52.6 Å². The molecule has 4 unspecified atom stereocenters. The van der Waals surface area contributed by atoms with E-state index >= 15 is 0 Å². The van der Waals surface area contributed by atoms with Gasteiger partial charge in [-0.2, -0.15) is 0 Å². The largest absolute Gasteiger partial charge is 0.462 e. The lowest BCUT2D eigenvalue weighted by atomic mass is 9.86. The van der Waals surface area contributed by atoms with Crippen LogP contribution < -0.4 is 0 Å². The molecule has 2 fully saturated rings. The van der Waals surface area contributed by atoms with E-state index in [9.17, 15) is 9.59 Å². The van der Waals surface area contributed by atoms with Gasteiger partial charge in [-0.15, -0.1) is 13.2 Å². The van der Waals surface area contributed by atoms with Gasteiger partial charge in [-0.05, 0) is 64.2 Å². The predicted molar refractivity (Wildman–Crippen MR) is 93.3 cm³/mol. The molecule has 2 aliphatic rings. The molecule has 0 saturated carbocycles. The van der Waals surface area contributed by atoms with Crippen LogP contribution in [0.4, 0.5) is 0 Å². The fourth-order valence-electron chi connectivity index (χ4n) is 3.69. The highest BCUT2D eigenvalue weighted by Gasteiger charge is 2.47. The standard InChI is InChI=1S/C20H30O4/c1-3-5-7-9-11-15-13-17(19(21)23-15)18-14-16(24-20(18)22)12-10-8-6-4-2/h3-4,15-18H,1-2,5-14H2. The summed E-state index contributed by atoms with van der Waals surface area (Å²) in [5.41, 5.74) is 0. The summed E-state index contributed by atoms with van der Waals surface area (Å²) in [6.45, 7) is 7.42. The number of unbranched alkanes of at least 4 members (excludes halogenated alkanes) is 4. The minimum Gasteiger partial charge on any atom is -0.462 e. The average Bonchev–Trinajstić information content (AvgIpc) is 3.10. The molecule has 0 spiro atoms. The van der Waals surface area contributed by atoms with Crippen molar-refractivity contribution < 1.29 is 19.1 Å². The Morgan fingerprint density at radius 2 is 1.21 bits per heavy atom. The molecule has 24 heavy (non-hydrogen) atoms. The molecule has 4 nitrogen and oxygen atoms in total. The van der Waals surface area contributed by atoms with Crippen molar-refractivity contribution in [1.82, 2.24) is 0 Å². The van der Waals surface area contributed by atoms with Crippen LogP contribution >= 0.6 is 0 Å². The number of allylic oxidation sites excluding steroid dienone is 2. The van der Waals surface area contributed by atoms with Crippen LogP contribution in [0.1, 0.15) is 64.2 Å². The van der Waals surface area contributed by atoms with Gasteiger partial charge in [0.15, 0.2) is 0 Å². The number of hydrogen-bond acceptors (Lipinski definition) is 4. The molecule has 2 heterocycles. The molecular weight excluding hydrogens is 304 g/mol. The molecule has 2 rings (SSSR count). The van der Waals surface area contributed by atoms with E-state index in [1.54, 1.807) is 0 Å². The maximum atomic E-state index is 12.2. The Morgan fingerprint density at radius 1 is 0.792 bits per heavy atom. The van der Waals surface area contributed by atoms with E-state index in [0.29, 0.717) is 12.8 Å². The fraction of sp³-hybridized carbons (Fsp3) is 0.700. The van der Waals surface area contributed by atoms with Gasteiger partial charge in [0.1, 0.15) is 12.2 Å². The highest BCUT2D eigenvalue weighted by Crippen LogP contribution is 2.38. The van der Waals surface area contributed by atoms with Crippen molar-refractivity contribution in [3.8, 4) is 0 Å². The van der Waals surface area contributed by atoms with Crippen LogP contribution in [0.15, 0.2) is 25.3 Å². The summed E-state index contributed by atoms with van der Waals surface area (Å²) in [6.07, 6.45) is 13.0. The van der Waals surface area contributed by atoms with Gasteiger partial charge in [-0.25, -0.2) is 0 Å². The number of cyclic esters (lactones) is 2. The summed E-state index contributed by atoms with van der Waals surface area (Å²) < 4.78 is 11.0. The average molecular weight is 334 g/mol. The third kappa shape index (κ3) is 5.22. The number of carbonyl (C=O) groups is 2. The van der Waals surface area contributed by atoms with Crippen molar-refractivity contribution in [2.75, 3.05) is 0 Å². The van der Waals surface area contributed by atoms with Gasteiger partial charge in [-0.3, -0.25) is 9.59 Å². The first-order chi connectivity index (χ1) is 11.7. The van der Waals surface area contributed by atoms with Crippen LogP contribution in [0.3, 0.4) is 0 Å². The summed E-state index contributed by atoms with van der Waals surface area (Å²) in [5, 5.41) is 0. The van der Waals surface area contributed by atoms with Gasteiger partial charge in [-0.1, -0.05) is 12.2 Å². The molecule has 0 aromatic rings. The van der Waals surface area contributed by atoms with Gasteiger partial charge in [0.05, 0.1) is 11.8 Å². The molecule has 4 atom stereocenters. The van der Waals surface area contributed by atoms with Gasteiger partial charge >= 0.3 is 11.9 Å². The molecular formula is C20H30O4. The van der Waals surface area contributed by atoms with Crippen molar-refractivity contribution >= 4 is 11.9 Å². The summed E-state index contributed by atoms with van der Waals surface area (Å²) in [4.78, 5) is 24.3. The van der Waals surface area contributed by atoms with Crippen LogP contribution in [0.2, 0.25) is 0 Å². The van der Waals surface area contributed by atoms with E-state index in [1.807, 2.05) is 12.2 Å². The zero-order valence-corrected chi connectivity index (χ0v) is 14.6. The zero-order valence-electron chi connectivity index (χ0n) is 14.6. The second-order valence-electron chi connectivity index (χ2n) is 6.95. The first-order valence-electron chi connectivity index (χ1n) is 9.28.